The molecular weight excluding hydrogens is 336 g/mol. The molecule has 1 fully saturated rings. The maximum Gasteiger partial charge on any atom is 0.336 e. The average Bonchev–Trinajstić information content (AvgIpc) is 2.61. The Labute approximate surface area is 141 Å². The molecule has 3 rings (SSSR count). The molecule has 1 aliphatic rings. The molecule has 1 aromatic heterocycles. The van der Waals surface area contributed by atoms with Crippen molar-refractivity contribution in [2.24, 2.45) is 0 Å². The Morgan fingerprint density at radius 1 is 1.12 bits per heavy atom. The first-order valence-corrected chi connectivity index (χ1v) is 7.55. The van der Waals surface area contributed by atoms with Crippen molar-refractivity contribution in [3.8, 4) is 5.75 Å². The fourth-order valence-electron chi connectivity index (χ4n) is 2.72. The summed E-state index contributed by atoms with van der Waals surface area (Å²) in [6.45, 7) is -1.63. The monoisotopic (exact) mass is 354 g/mol. The quantitative estimate of drug-likeness (QED) is 0.406. The van der Waals surface area contributed by atoms with Gasteiger partial charge in [-0.2, -0.15) is 0 Å². The molecule has 0 radical (unpaired) electrons. The summed E-state index contributed by atoms with van der Waals surface area (Å²) in [4.78, 5) is 11.3. The second kappa shape index (κ2) is 6.71. The molecular formula is C16H18O9. The van der Waals surface area contributed by atoms with Crippen LogP contribution in [0.4, 0.5) is 0 Å². The molecule has 25 heavy (non-hydrogen) atoms. The van der Waals surface area contributed by atoms with Crippen LogP contribution in [-0.4, -0.2) is 68.9 Å². The van der Waals surface area contributed by atoms with Crippen molar-refractivity contribution in [1.29, 1.82) is 0 Å². The highest BCUT2D eigenvalue weighted by atomic mass is 16.7. The third-order valence-corrected chi connectivity index (χ3v) is 4.22. The van der Waals surface area contributed by atoms with Gasteiger partial charge >= 0.3 is 5.63 Å². The largest absolute Gasteiger partial charge is 0.462 e. The minimum absolute atomic E-state index is 0.152. The molecule has 0 spiro atoms. The smallest absolute Gasteiger partial charge is 0.336 e. The van der Waals surface area contributed by atoms with Gasteiger partial charge in [-0.05, 0) is 18.2 Å². The number of fused-ring (bicyclic) bond motifs is 1. The number of rotatable bonds is 4. The SMILES string of the molecule is O=c1ccc2ccc(OC3OC(CO)C(O)C(O)(CO)C3O)cc2o1. The lowest BCUT2D eigenvalue weighted by Crippen LogP contribution is -2.69. The van der Waals surface area contributed by atoms with E-state index in [9.17, 15) is 30.3 Å². The van der Waals surface area contributed by atoms with Crippen LogP contribution in [0.3, 0.4) is 0 Å². The van der Waals surface area contributed by atoms with Crippen LogP contribution >= 0.6 is 0 Å². The van der Waals surface area contributed by atoms with Crippen LogP contribution in [0, 0.1) is 0 Å². The summed E-state index contributed by atoms with van der Waals surface area (Å²) < 4.78 is 15.8. The maximum atomic E-state index is 11.3. The van der Waals surface area contributed by atoms with Gasteiger partial charge in [0.2, 0.25) is 6.29 Å². The average molecular weight is 354 g/mol. The molecule has 5 N–H and O–H groups in total. The van der Waals surface area contributed by atoms with E-state index in [1.807, 2.05) is 0 Å². The number of aliphatic hydroxyl groups excluding tert-OH is 4. The van der Waals surface area contributed by atoms with Crippen molar-refractivity contribution < 1.29 is 39.4 Å². The Bertz CT molecular complexity index is 804. The molecule has 5 unspecified atom stereocenters. The van der Waals surface area contributed by atoms with E-state index in [0.717, 1.165) is 0 Å². The van der Waals surface area contributed by atoms with Gasteiger partial charge in [0.05, 0.1) is 13.2 Å². The van der Waals surface area contributed by atoms with E-state index in [2.05, 4.69) is 0 Å². The summed E-state index contributed by atoms with van der Waals surface area (Å²) in [5, 5.41) is 49.7. The van der Waals surface area contributed by atoms with E-state index in [-0.39, 0.29) is 11.3 Å². The zero-order chi connectivity index (χ0) is 18.2. The van der Waals surface area contributed by atoms with Gasteiger partial charge in [-0.3, -0.25) is 0 Å². The lowest BCUT2D eigenvalue weighted by atomic mass is 9.85. The second-order valence-electron chi connectivity index (χ2n) is 5.84. The Hall–Kier alpha value is -2.01. The molecule has 136 valence electrons. The molecule has 5 atom stereocenters. The molecule has 1 aromatic carbocycles. The Morgan fingerprint density at radius 2 is 1.84 bits per heavy atom. The van der Waals surface area contributed by atoms with Crippen molar-refractivity contribution in [2.45, 2.75) is 30.2 Å². The first-order chi connectivity index (χ1) is 11.9. The molecule has 0 saturated carbocycles. The van der Waals surface area contributed by atoms with E-state index in [1.165, 1.54) is 18.2 Å². The summed E-state index contributed by atoms with van der Waals surface area (Å²) in [7, 11) is 0. The molecule has 0 bridgehead atoms. The highest BCUT2D eigenvalue weighted by Crippen LogP contribution is 2.32. The van der Waals surface area contributed by atoms with Crippen LogP contribution < -0.4 is 10.4 Å². The van der Waals surface area contributed by atoms with Gasteiger partial charge in [0, 0.05) is 17.5 Å². The minimum atomic E-state index is -2.33. The predicted octanol–water partition coefficient (Wildman–Crippen LogP) is -1.67. The van der Waals surface area contributed by atoms with Gasteiger partial charge in [-0.15, -0.1) is 0 Å². The van der Waals surface area contributed by atoms with Crippen LogP contribution in [0.1, 0.15) is 0 Å². The number of hydrogen-bond donors (Lipinski definition) is 5. The van der Waals surface area contributed by atoms with E-state index < -0.39 is 49.0 Å². The van der Waals surface area contributed by atoms with E-state index in [0.29, 0.717) is 5.39 Å². The second-order valence-corrected chi connectivity index (χ2v) is 5.84. The Morgan fingerprint density at radius 3 is 2.52 bits per heavy atom. The van der Waals surface area contributed by atoms with Gasteiger partial charge in [0.25, 0.3) is 0 Å². The fourth-order valence-corrected chi connectivity index (χ4v) is 2.72. The third-order valence-electron chi connectivity index (χ3n) is 4.22. The van der Waals surface area contributed by atoms with E-state index in [1.54, 1.807) is 12.1 Å². The lowest BCUT2D eigenvalue weighted by molar-refractivity contribution is -0.320. The molecule has 1 saturated heterocycles. The van der Waals surface area contributed by atoms with Crippen LogP contribution in [-0.2, 0) is 4.74 Å². The molecule has 0 amide bonds. The van der Waals surface area contributed by atoms with Gasteiger partial charge in [-0.25, -0.2) is 4.79 Å². The highest BCUT2D eigenvalue weighted by Gasteiger charge is 2.55. The topological polar surface area (TPSA) is 150 Å². The van der Waals surface area contributed by atoms with Crippen molar-refractivity contribution in [1.82, 2.24) is 0 Å². The van der Waals surface area contributed by atoms with Gasteiger partial charge in [0.1, 0.15) is 35.2 Å². The minimum Gasteiger partial charge on any atom is -0.462 e. The number of ether oxygens (including phenoxy) is 2. The third kappa shape index (κ3) is 3.13. The molecule has 1 aliphatic heterocycles. The van der Waals surface area contributed by atoms with Gasteiger partial charge in [-0.1, -0.05) is 0 Å². The number of hydrogen-bond acceptors (Lipinski definition) is 9. The van der Waals surface area contributed by atoms with Crippen molar-refractivity contribution in [3.05, 3.63) is 40.8 Å². The Kier molecular flexibility index (Phi) is 4.78. The summed E-state index contributed by atoms with van der Waals surface area (Å²) >= 11 is 0. The molecule has 2 heterocycles. The first kappa shape index (κ1) is 17.8. The standard InChI is InChI=1S/C16H18O9/c17-6-11-13(20)16(22,7-18)14(21)15(25-11)23-9-3-1-8-2-4-12(19)24-10(8)5-9/h1-5,11,13-15,17-18,20-22H,6-7H2. The maximum absolute atomic E-state index is 11.3. The summed E-state index contributed by atoms with van der Waals surface area (Å²) in [5.74, 6) is 0.152. The number of benzene rings is 1. The highest BCUT2D eigenvalue weighted by molar-refractivity contribution is 5.77. The van der Waals surface area contributed by atoms with Crippen molar-refractivity contribution >= 4 is 11.0 Å². The van der Waals surface area contributed by atoms with Crippen molar-refractivity contribution in [3.63, 3.8) is 0 Å². The predicted molar refractivity (Wildman–Crippen MR) is 82.9 cm³/mol. The molecule has 9 heteroatoms. The van der Waals surface area contributed by atoms with Crippen molar-refractivity contribution in [2.75, 3.05) is 13.2 Å². The fraction of sp³-hybridized carbons (Fsp3) is 0.438. The molecule has 0 aliphatic carbocycles. The van der Waals surface area contributed by atoms with Crippen LogP contribution in [0.25, 0.3) is 11.0 Å². The van der Waals surface area contributed by atoms with Gasteiger partial charge in [0.15, 0.2) is 0 Å². The van der Waals surface area contributed by atoms with Crippen LogP contribution in [0.5, 0.6) is 5.75 Å². The Balaban J connectivity index is 1.89. The molecule has 2 aromatic rings. The normalized spacial score (nSPS) is 32.7. The lowest BCUT2D eigenvalue weighted by Gasteiger charge is -2.46. The summed E-state index contributed by atoms with van der Waals surface area (Å²) in [5.41, 5.74) is -2.64. The number of aliphatic hydroxyl groups is 5. The zero-order valence-corrected chi connectivity index (χ0v) is 13.0. The van der Waals surface area contributed by atoms with Crippen LogP contribution in [0.2, 0.25) is 0 Å². The van der Waals surface area contributed by atoms with E-state index in [4.69, 9.17) is 13.9 Å². The first-order valence-electron chi connectivity index (χ1n) is 7.55. The molecule has 9 nitrogen and oxygen atoms in total. The zero-order valence-electron chi connectivity index (χ0n) is 13.0. The van der Waals surface area contributed by atoms with Crippen LogP contribution in [0.15, 0.2) is 39.5 Å². The summed E-state index contributed by atoms with van der Waals surface area (Å²) in [6.07, 6.45) is -6.27. The van der Waals surface area contributed by atoms with E-state index >= 15 is 0 Å². The summed E-state index contributed by atoms with van der Waals surface area (Å²) in [6, 6.07) is 7.36. The van der Waals surface area contributed by atoms with Gasteiger partial charge < -0.3 is 39.4 Å².